The van der Waals surface area contributed by atoms with Gasteiger partial charge in [0.2, 0.25) is 5.91 Å². The monoisotopic (exact) mass is 526 g/mol. The van der Waals surface area contributed by atoms with Crippen LogP contribution in [0.1, 0.15) is 43.7 Å². The third kappa shape index (κ3) is 6.38. The summed E-state index contributed by atoms with van der Waals surface area (Å²) in [5.41, 5.74) is 0.805. The van der Waals surface area contributed by atoms with Gasteiger partial charge in [0.15, 0.2) is 5.96 Å². The number of rotatable bonds is 4. The number of para-hydroxylation sites is 1. The Morgan fingerprint density at radius 2 is 1.93 bits per heavy atom. The van der Waals surface area contributed by atoms with Crippen LogP contribution in [-0.4, -0.2) is 43.8 Å². The fourth-order valence-electron chi connectivity index (χ4n) is 3.86. The second-order valence-electron chi connectivity index (χ2n) is 7.25. The molecule has 3 rings (SSSR count). The highest BCUT2D eigenvalue weighted by Crippen LogP contribution is 2.46. The van der Waals surface area contributed by atoms with Gasteiger partial charge in [0, 0.05) is 19.0 Å². The number of amides is 1. The molecule has 1 aromatic rings. The fourth-order valence-corrected chi connectivity index (χ4v) is 3.86. The number of carbonyl (C=O) groups is 1. The van der Waals surface area contributed by atoms with Crippen molar-refractivity contribution in [2.45, 2.75) is 49.9 Å². The SMILES string of the molecule is CN=C(NCC(=O)NCC(F)(F)F)NC1CC2(CCCC2)Oc2ccccc21.I. The zero-order chi connectivity index (χ0) is 20.2. The Kier molecular flexibility index (Phi) is 8.01. The minimum Gasteiger partial charge on any atom is -0.487 e. The van der Waals surface area contributed by atoms with E-state index in [1.54, 1.807) is 7.05 Å². The van der Waals surface area contributed by atoms with Crippen LogP contribution in [0.4, 0.5) is 13.2 Å². The summed E-state index contributed by atoms with van der Waals surface area (Å²) < 4.78 is 42.9. The van der Waals surface area contributed by atoms with Gasteiger partial charge < -0.3 is 20.7 Å². The number of carbonyl (C=O) groups excluding carboxylic acids is 1. The molecule has 2 aliphatic rings. The molecule has 0 aromatic heterocycles. The Hall–Kier alpha value is -1.72. The summed E-state index contributed by atoms with van der Waals surface area (Å²) in [5.74, 6) is 0.448. The molecule has 1 spiro atoms. The third-order valence-electron chi connectivity index (χ3n) is 5.15. The minimum atomic E-state index is -4.43. The van der Waals surface area contributed by atoms with E-state index in [2.05, 4.69) is 15.6 Å². The molecule has 0 saturated heterocycles. The lowest BCUT2D eigenvalue weighted by atomic mass is 9.86. The molecule has 1 aliphatic heterocycles. The molecule has 0 bridgehead atoms. The number of nitrogens with one attached hydrogen (secondary N) is 3. The molecule has 1 amide bonds. The molecule has 3 N–H and O–H groups in total. The van der Waals surface area contributed by atoms with E-state index in [0.29, 0.717) is 5.96 Å². The van der Waals surface area contributed by atoms with E-state index in [1.165, 1.54) is 0 Å². The molecule has 1 heterocycles. The molecule has 10 heteroatoms. The predicted molar refractivity (Wildman–Crippen MR) is 115 cm³/mol. The van der Waals surface area contributed by atoms with Crippen molar-refractivity contribution in [1.82, 2.24) is 16.0 Å². The lowest BCUT2D eigenvalue weighted by Crippen LogP contribution is -2.48. The van der Waals surface area contributed by atoms with Crippen LogP contribution in [0.15, 0.2) is 29.3 Å². The smallest absolute Gasteiger partial charge is 0.405 e. The Bertz CT molecular complexity index is 736. The Labute approximate surface area is 185 Å². The first kappa shape index (κ1) is 23.6. The lowest BCUT2D eigenvalue weighted by Gasteiger charge is -2.40. The number of halogens is 4. The molecule has 6 nitrogen and oxygen atoms in total. The van der Waals surface area contributed by atoms with Gasteiger partial charge in [0.25, 0.3) is 0 Å². The van der Waals surface area contributed by atoms with Crippen molar-refractivity contribution in [3.8, 4) is 5.75 Å². The molecule has 29 heavy (non-hydrogen) atoms. The third-order valence-corrected chi connectivity index (χ3v) is 5.15. The van der Waals surface area contributed by atoms with Crippen LogP contribution in [0.3, 0.4) is 0 Å². The van der Waals surface area contributed by atoms with Crippen molar-refractivity contribution in [3.63, 3.8) is 0 Å². The molecular weight excluding hydrogens is 500 g/mol. The van der Waals surface area contributed by atoms with E-state index in [1.807, 2.05) is 29.6 Å². The number of aliphatic imine (C=N–C) groups is 1. The van der Waals surface area contributed by atoms with Gasteiger partial charge in [-0.2, -0.15) is 13.2 Å². The fraction of sp³-hybridized carbons (Fsp3) is 0.579. The van der Waals surface area contributed by atoms with Crippen molar-refractivity contribution in [3.05, 3.63) is 29.8 Å². The van der Waals surface area contributed by atoms with Crippen LogP contribution in [-0.2, 0) is 4.79 Å². The Morgan fingerprint density at radius 1 is 1.24 bits per heavy atom. The first-order valence-corrected chi connectivity index (χ1v) is 9.39. The average molecular weight is 526 g/mol. The number of hydrogen-bond acceptors (Lipinski definition) is 3. The van der Waals surface area contributed by atoms with E-state index in [0.717, 1.165) is 43.4 Å². The average Bonchev–Trinajstić information content (AvgIpc) is 3.10. The minimum absolute atomic E-state index is 0. The van der Waals surface area contributed by atoms with Crippen molar-refractivity contribution in [2.24, 2.45) is 4.99 Å². The first-order valence-electron chi connectivity index (χ1n) is 9.39. The van der Waals surface area contributed by atoms with E-state index >= 15 is 0 Å². The van der Waals surface area contributed by atoms with Crippen LogP contribution in [0.5, 0.6) is 5.75 Å². The second kappa shape index (κ2) is 9.86. The summed E-state index contributed by atoms with van der Waals surface area (Å²) in [4.78, 5) is 15.7. The van der Waals surface area contributed by atoms with E-state index in [-0.39, 0.29) is 42.2 Å². The summed E-state index contributed by atoms with van der Waals surface area (Å²) in [6.07, 6.45) is 0.571. The second-order valence-corrected chi connectivity index (χ2v) is 7.25. The van der Waals surface area contributed by atoms with Gasteiger partial charge in [0.05, 0.1) is 12.6 Å². The zero-order valence-corrected chi connectivity index (χ0v) is 18.5. The molecule has 162 valence electrons. The number of ether oxygens (including phenoxy) is 1. The maximum absolute atomic E-state index is 12.2. The Balaban J connectivity index is 0.00000300. The summed E-state index contributed by atoms with van der Waals surface area (Å²) in [6, 6.07) is 7.74. The largest absolute Gasteiger partial charge is 0.487 e. The summed E-state index contributed by atoms with van der Waals surface area (Å²) >= 11 is 0. The molecular formula is C19H26F3IN4O2. The number of alkyl halides is 3. The zero-order valence-electron chi connectivity index (χ0n) is 16.1. The quantitative estimate of drug-likeness (QED) is 0.320. The first-order chi connectivity index (χ1) is 13.3. The number of benzene rings is 1. The van der Waals surface area contributed by atoms with Crippen molar-refractivity contribution in [2.75, 3.05) is 20.1 Å². The van der Waals surface area contributed by atoms with Crippen LogP contribution in [0.2, 0.25) is 0 Å². The molecule has 1 aromatic carbocycles. The number of nitrogens with zero attached hydrogens (tertiary/aromatic N) is 1. The van der Waals surface area contributed by atoms with E-state index < -0.39 is 18.6 Å². The normalized spacial score (nSPS) is 20.3. The highest BCUT2D eigenvalue weighted by molar-refractivity contribution is 14.0. The maximum Gasteiger partial charge on any atom is 0.405 e. The molecule has 1 fully saturated rings. The van der Waals surface area contributed by atoms with Gasteiger partial charge in [-0.1, -0.05) is 18.2 Å². The van der Waals surface area contributed by atoms with E-state index in [9.17, 15) is 18.0 Å². The highest BCUT2D eigenvalue weighted by atomic mass is 127. The van der Waals surface area contributed by atoms with Gasteiger partial charge in [-0.05, 0) is 31.7 Å². The van der Waals surface area contributed by atoms with Crippen molar-refractivity contribution < 1.29 is 22.7 Å². The topological polar surface area (TPSA) is 74.8 Å². The molecule has 0 radical (unpaired) electrons. The summed E-state index contributed by atoms with van der Waals surface area (Å²) in [7, 11) is 1.56. The maximum atomic E-state index is 12.2. The number of guanidine groups is 1. The van der Waals surface area contributed by atoms with Crippen LogP contribution < -0.4 is 20.7 Å². The summed E-state index contributed by atoms with van der Waals surface area (Å²) in [5, 5.41) is 7.91. The Morgan fingerprint density at radius 3 is 2.59 bits per heavy atom. The number of fused-ring (bicyclic) bond motifs is 1. The van der Waals surface area contributed by atoms with Crippen molar-refractivity contribution in [1.29, 1.82) is 0 Å². The molecule has 1 unspecified atom stereocenters. The van der Waals surface area contributed by atoms with Gasteiger partial charge in [-0.25, -0.2) is 0 Å². The highest BCUT2D eigenvalue weighted by Gasteiger charge is 2.43. The molecule has 1 atom stereocenters. The molecule has 1 saturated carbocycles. The number of hydrogen-bond donors (Lipinski definition) is 3. The van der Waals surface area contributed by atoms with Gasteiger partial charge in [-0.3, -0.25) is 9.79 Å². The predicted octanol–water partition coefficient (Wildman–Crippen LogP) is 3.28. The molecule has 1 aliphatic carbocycles. The van der Waals surface area contributed by atoms with Gasteiger partial charge in [0.1, 0.15) is 17.9 Å². The van der Waals surface area contributed by atoms with Crippen LogP contribution >= 0.6 is 24.0 Å². The van der Waals surface area contributed by atoms with Gasteiger partial charge in [-0.15, -0.1) is 24.0 Å². The lowest BCUT2D eigenvalue weighted by molar-refractivity contribution is -0.137. The van der Waals surface area contributed by atoms with Crippen LogP contribution in [0, 0.1) is 0 Å². The van der Waals surface area contributed by atoms with Crippen molar-refractivity contribution >= 4 is 35.8 Å². The van der Waals surface area contributed by atoms with E-state index in [4.69, 9.17) is 4.74 Å². The standard InChI is InChI=1S/C19H25F3N4O2.HI/c1-23-17(24-11-16(27)25-12-19(20,21)22)26-14-10-18(8-4-5-9-18)28-15-7-3-2-6-13(14)15;/h2-3,6-7,14H,4-5,8-12H2,1H3,(H,25,27)(H2,23,24,26);1H. The van der Waals surface area contributed by atoms with Crippen LogP contribution in [0.25, 0.3) is 0 Å². The van der Waals surface area contributed by atoms with Gasteiger partial charge >= 0.3 is 6.18 Å². The summed E-state index contributed by atoms with van der Waals surface area (Å²) in [6.45, 7) is -1.65.